The summed E-state index contributed by atoms with van der Waals surface area (Å²) in [7, 11) is 0. The second-order valence-corrected chi connectivity index (χ2v) is 6.10. The van der Waals surface area contributed by atoms with Crippen LogP contribution in [0, 0.1) is 17.0 Å². The molecule has 2 heterocycles. The maximum absolute atomic E-state index is 10.9. The van der Waals surface area contributed by atoms with Gasteiger partial charge in [0.05, 0.1) is 10.8 Å². The molecule has 2 N–H and O–H groups in total. The molecular weight excluding hydrogens is 292 g/mol. The van der Waals surface area contributed by atoms with Crippen LogP contribution in [-0.2, 0) is 0 Å². The van der Waals surface area contributed by atoms with Gasteiger partial charge in [-0.2, -0.15) is 16.7 Å². The first-order chi connectivity index (χ1) is 10.1. The van der Waals surface area contributed by atoms with Gasteiger partial charge in [-0.1, -0.05) is 11.2 Å². The molecule has 2 unspecified atom stereocenters. The van der Waals surface area contributed by atoms with Crippen molar-refractivity contribution in [2.45, 2.75) is 18.9 Å². The molecule has 2 atom stereocenters. The van der Waals surface area contributed by atoms with E-state index in [0.717, 1.165) is 17.1 Å². The van der Waals surface area contributed by atoms with Gasteiger partial charge in [-0.25, -0.2) is 0 Å². The lowest BCUT2D eigenvalue weighted by atomic mass is 10.0. The molecule has 7 nitrogen and oxygen atoms in total. The summed E-state index contributed by atoms with van der Waals surface area (Å²) in [6.07, 6.45) is 0. The van der Waals surface area contributed by atoms with Gasteiger partial charge in [-0.15, -0.1) is 0 Å². The summed E-state index contributed by atoms with van der Waals surface area (Å²) >= 11 is 1.76. The number of nitrogens with two attached hydrogens (primary N) is 1. The largest absolute Gasteiger partial charge is 0.339 e. The number of thioether (sulfide) groups is 1. The highest BCUT2D eigenvalue weighted by Gasteiger charge is 2.31. The number of nitro benzene ring substituents is 1. The van der Waals surface area contributed by atoms with Crippen molar-refractivity contribution in [2.75, 3.05) is 11.5 Å². The molecule has 0 saturated carbocycles. The zero-order valence-electron chi connectivity index (χ0n) is 11.4. The highest BCUT2D eigenvalue weighted by molar-refractivity contribution is 7.99. The number of rotatable bonds is 3. The molecule has 1 aliphatic rings. The van der Waals surface area contributed by atoms with Crippen LogP contribution in [-0.4, -0.2) is 32.6 Å². The van der Waals surface area contributed by atoms with Crippen LogP contribution in [0.5, 0.6) is 0 Å². The second kappa shape index (κ2) is 5.45. The average Bonchev–Trinajstić information content (AvgIpc) is 3.07. The number of benzene rings is 1. The van der Waals surface area contributed by atoms with E-state index in [1.807, 2.05) is 6.92 Å². The summed E-state index contributed by atoms with van der Waals surface area (Å²) in [5, 5.41) is 14.8. The Balaban J connectivity index is 1.96. The quantitative estimate of drug-likeness (QED) is 0.683. The van der Waals surface area contributed by atoms with E-state index in [1.165, 1.54) is 12.1 Å². The molecule has 1 aliphatic heterocycles. The maximum atomic E-state index is 10.9. The first kappa shape index (κ1) is 14.0. The molecule has 0 spiro atoms. The number of nitro groups is 1. The van der Waals surface area contributed by atoms with Gasteiger partial charge in [-0.3, -0.25) is 10.1 Å². The number of non-ortho nitro benzene ring substituents is 1. The Hall–Kier alpha value is -1.93. The van der Waals surface area contributed by atoms with Crippen molar-refractivity contribution in [1.29, 1.82) is 0 Å². The molecule has 1 aromatic heterocycles. The molecule has 21 heavy (non-hydrogen) atoms. The predicted octanol–water partition coefficient (Wildman–Crippen LogP) is 2.11. The lowest BCUT2D eigenvalue weighted by molar-refractivity contribution is -0.384. The molecule has 0 bridgehead atoms. The number of hydrogen-bond donors (Lipinski definition) is 1. The van der Waals surface area contributed by atoms with Gasteiger partial charge in [0.15, 0.2) is 0 Å². The lowest BCUT2D eigenvalue weighted by Gasteiger charge is -2.07. The summed E-state index contributed by atoms with van der Waals surface area (Å²) in [5.41, 5.74) is 7.49. The Morgan fingerprint density at radius 2 is 2.29 bits per heavy atom. The molecule has 2 aromatic rings. The zero-order chi connectivity index (χ0) is 15.0. The molecule has 0 amide bonds. The third kappa shape index (κ3) is 2.64. The first-order valence-corrected chi connectivity index (χ1v) is 7.64. The maximum Gasteiger partial charge on any atom is 0.270 e. The van der Waals surface area contributed by atoms with Crippen molar-refractivity contribution in [3.63, 3.8) is 0 Å². The van der Waals surface area contributed by atoms with E-state index in [-0.39, 0.29) is 17.6 Å². The van der Waals surface area contributed by atoms with Crippen molar-refractivity contribution in [2.24, 2.45) is 5.73 Å². The van der Waals surface area contributed by atoms with E-state index in [9.17, 15) is 10.1 Å². The molecule has 1 aromatic carbocycles. The summed E-state index contributed by atoms with van der Waals surface area (Å²) in [6.45, 7) is 1.85. The minimum absolute atomic E-state index is 0.00880. The fraction of sp³-hybridized carbons (Fsp3) is 0.385. The van der Waals surface area contributed by atoms with Crippen molar-refractivity contribution >= 4 is 17.4 Å². The Morgan fingerprint density at radius 3 is 2.95 bits per heavy atom. The third-order valence-corrected chi connectivity index (χ3v) is 4.77. The second-order valence-electron chi connectivity index (χ2n) is 5.02. The Bertz CT molecular complexity index is 688. The monoisotopic (exact) mass is 306 g/mol. The van der Waals surface area contributed by atoms with E-state index in [0.29, 0.717) is 17.3 Å². The van der Waals surface area contributed by atoms with E-state index in [4.69, 9.17) is 10.3 Å². The number of hydrogen-bond acceptors (Lipinski definition) is 7. The van der Waals surface area contributed by atoms with Crippen LogP contribution in [0.3, 0.4) is 0 Å². The van der Waals surface area contributed by atoms with Crippen molar-refractivity contribution in [1.82, 2.24) is 10.1 Å². The van der Waals surface area contributed by atoms with Crippen LogP contribution in [0.2, 0.25) is 0 Å². The van der Waals surface area contributed by atoms with Crippen molar-refractivity contribution < 1.29 is 9.45 Å². The van der Waals surface area contributed by atoms with E-state index >= 15 is 0 Å². The Morgan fingerprint density at radius 1 is 1.48 bits per heavy atom. The van der Waals surface area contributed by atoms with Gasteiger partial charge in [0.25, 0.3) is 5.69 Å². The van der Waals surface area contributed by atoms with Crippen LogP contribution >= 0.6 is 11.8 Å². The third-order valence-electron chi connectivity index (χ3n) is 3.56. The Labute approximate surface area is 125 Å². The van der Waals surface area contributed by atoms with Crippen LogP contribution in [0.1, 0.15) is 17.4 Å². The van der Waals surface area contributed by atoms with Gasteiger partial charge < -0.3 is 10.3 Å². The predicted molar refractivity (Wildman–Crippen MR) is 79.2 cm³/mol. The van der Waals surface area contributed by atoms with E-state index < -0.39 is 4.92 Å². The fourth-order valence-electron chi connectivity index (χ4n) is 2.28. The molecule has 110 valence electrons. The molecule has 8 heteroatoms. The highest BCUT2D eigenvalue weighted by atomic mass is 32.2. The summed E-state index contributed by atoms with van der Waals surface area (Å²) in [6, 6.07) is 4.62. The van der Waals surface area contributed by atoms with Crippen LogP contribution in [0.15, 0.2) is 22.7 Å². The van der Waals surface area contributed by atoms with Gasteiger partial charge in [0.2, 0.25) is 11.7 Å². The van der Waals surface area contributed by atoms with E-state index in [1.54, 1.807) is 17.8 Å². The molecule has 1 fully saturated rings. The number of nitrogens with zero attached hydrogens (tertiary/aromatic N) is 3. The molecule has 0 radical (unpaired) electrons. The zero-order valence-corrected chi connectivity index (χ0v) is 12.2. The minimum Gasteiger partial charge on any atom is -0.339 e. The SMILES string of the molecule is Cc1ccc([N+](=O)[O-])cc1-c1noc(C2CSCC2N)n1. The Kier molecular flexibility index (Phi) is 3.64. The minimum atomic E-state index is -0.437. The number of aromatic nitrogens is 2. The topological polar surface area (TPSA) is 108 Å². The van der Waals surface area contributed by atoms with Gasteiger partial charge in [0, 0.05) is 35.2 Å². The first-order valence-electron chi connectivity index (χ1n) is 6.48. The smallest absolute Gasteiger partial charge is 0.270 e. The van der Waals surface area contributed by atoms with Gasteiger partial charge >= 0.3 is 0 Å². The number of aryl methyl sites for hydroxylation is 1. The highest BCUT2D eigenvalue weighted by Crippen LogP contribution is 2.32. The normalized spacial score (nSPS) is 21.6. The van der Waals surface area contributed by atoms with Crippen molar-refractivity contribution in [3.8, 4) is 11.4 Å². The summed E-state index contributed by atoms with van der Waals surface area (Å²) in [4.78, 5) is 14.8. The summed E-state index contributed by atoms with van der Waals surface area (Å²) < 4.78 is 5.30. The molecule has 3 rings (SSSR count). The van der Waals surface area contributed by atoms with Crippen LogP contribution < -0.4 is 5.73 Å². The van der Waals surface area contributed by atoms with Crippen molar-refractivity contribution in [3.05, 3.63) is 39.8 Å². The van der Waals surface area contributed by atoms with Crippen LogP contribution in [0.25, 0.3) is 11.4 Å². The molecule has 1 saturated heterocycles. The molecule has 0 aliphatic carbocycles. The lowest BCUT2D eigenvalue weighted by Crippen LogP contribution is -2.26. The average molecular weight is 306 g/mol. The van der Waals surface area contributed by atoms with Gasteiger partial charge in [0.1, 0.15) is 0 Å². The van der Waals surface area contributed by atoms with Crippen LogP contribution in [0.4, 0.5) is 5.69 Å². The van der Waals surface area contributed by atoms with Gasteiger partial charge in [-0.05, 0) is 12.5 Å². The van der Waals surface area contributed by atoms with E-state index in [2.05, 4.69) is 10.1 Å². The summed E-state index contributed by atoms with van der Waals surface area (Å²) in [5.74, 6) is 2.66. The standard InChI is InChI=1S/C13H14N4O3S/c1-7-2-3-8(17(18)19)4-9(7)12-15-13(20-16-12)10-5-21-6-11(10)14/h2-4,10-11H,5-6,14H2,1H3. The molecular formula is C13H14N4O3S. The fourth-order valence-corrected chi connectivity index (χ4v) is 3.57.